The monoisotopic (exact) mass is 279 g/mol. The van der Waals surface area contributed by atoms with Gasteiger partial charge in [-0.05, 0) is 36.8 Å². The topological polar surface area (TPSA) is 37.3 Å². The van der Waals surface area contributed by atoms with Crippen molar-refractivity contribution in [2.75, 3.05) is 5.43 Å². The summed E-state index contributed by atoms with van der Waals surface area (Å²) in [5.41, 5.74) is 6.61. The van der Waals surface area contributed by atoms with E-state index in [1.807, 2.05) is 37.3 Å². The van der Waals surface area contributed by atoms with E-state index >= 15 is 0 Å². The van der Waals surface area contributed by atoms with Gasteiger partial charge in [-0.2, -0.15) is 5.10 Å². The number of halogens is 1. The number of aryl methyl sites for hydroxylation is 1. The Morgan fingerprint density at radius 3 is 2.67 bits per heavy atom. The van der Waals surface area contributed by atoms with Gasteiger partial charge in [-0.25, -0.2) is 4.39 Å². The third-order valence-corrected chi connectivity index (χ3v) is 3.11. The van der Waals surface area contributed by atoms with E-state index in [1.54, 1.807) is 18.3 Å². The first kappa shape index (κ1) is 13.2. The number of rotatable bonds is 3. The molecule has 1 aromatic heterocycles. The third-order valence-electron chi connectivity index (χ3n) is 3.11. The van der Waals surface area contributed by atoms with Crippen LogP contribution in [0.3, 0.4) is 0 Å². The molecule has 1 N–H and O–H groups in total. The van der Waals surface area contributed by atoms with Gasteiger partial charge in [0, 0.05) is 11.1 Å². The van der Waals surface area contributed by atoms with E-state index in [0.29, 0.717) is 0 Å². The van der Waals surface area contributed by atoms with Crippen molar-refractivity contribution < 1.29 is 4.39 Å². The first-order valence-corrected chi connectivity index (χ1v) is 6.63. The van der Waals surface area contributed by atoms with Crippen LogP contribution in [0, 0.1) is 12.7 Å². The van der Waals surface area contributed by atoms with Gasteiger partial charge >= 0.3 is 0 Å². The number of hydrogen-bond acceptors (Lipinski definition) is 3. The highest BCUT2D eigenvalue weighted by Gasteiger charge is 2.02. The van der Waals surface area contributed by atoms with E-state index in [4.69, 9.17) is 0 Å². The highest BCUT2D eigenvalue weighted by molar-refractivity contribution is 5.92. The highest BCUT2D eigenvalue weighted by atomic mass is 19.1. The summed E-state index contributed by atoms with van der Waals surface area (Å²) in [6.45, 7) is 1.95. The van der Waals surface area contributed by atoms with Crippen LogP contribution in [0.2, 0.25) is 0 Å². The minimum Gasteiger partial charge on any atom is -0.278 e. The molecule has 2 aromatic carbocycles. The summed E-state index contributed by atoms with van der Waals surface area (Å²) in [6, 6.07) is 16.0. The van der Waals surface area contributed by atoms with E-state index in [-0.39, 0.29) is 5.82 Å². The number of para-hydroxylation sites is 1. The SMILES string of the molecule is Cc1cc(N/N=C/c2ccc(F)cc2)c2ccccc2n1. The zero-order chi connectivity index (χ0) is 14.7. The summed E-state index contributed by atoms with van der Waals surface area (Å²) >= 11 is 0. The summed E-state index contributed by atoms with van der Waals surface area (Å²) in [6.07, 6.45) is 1.66. The van der Waals surface area contributed by atoms with Crippen LogP contribution >= 0.6 is 0 Å². The quantitative estimate of drug-likeness (QED) is 0.578. The molecule has 3 aromatic rings. The van der Waals surface area contributed by atoms with Crippen molar-refractivity contribution >= 4 is 22.8 Å². The maximum absolute atomic E-state index is 12.8. The molecule has 0 saturated heterocycles. The molecule has 0 unspecified atom stereocenters. The van der Waals surface area contributed by atoms with E-state index < -0.39 is 0 Å². The van der Waals surface area contributed by atoms with Crippen molar-refractivity contribution in [1.29, 1.82) is 0 Å². The van der Waals surface area contributed by atoms with E-state index in [1.165, 1.54) is 12.1 Å². The fraction of sp³-hybridized carbons (Fsp3) is 0.0588. The number of aromatic nitrogens is 1. The molecule has 0 aliphatic carbocycles. The number of nitrogens with one attached hydrogen (secondary N) is 1. The van der Waals surface area contributed by atoms with Crippen LogP contribution in [0.5, 0.6) is 0 Å². The zero-order valence-corrected chi connectivity index (χ0v) is 11.5. The van der Waals surface area contributed by atoms with Crippen LogP contribution in [-0.4, -0.2) is 11.2 Å². The fourth-order valence-electron chi connectivity index (χ4n) is 2.13. The molecule has 4 heteroatoms. The van der Waals surface area contributed by atoms with Crippen molar-refractivity contribution in [2.45, 2.75) is 6.92 Å². The van der Waals surface area contributed by atoms with E-state index in [0.717, 1.165) is 27.8 Å². The van der Waals surface area contributed by atoms with Gasteiger partial charge in [0.25, 0.3) is 0 Å². The molecular weight excluding hydrogens is 265 g/mol. The van der Waals surface area contributed by atoms with Gasteiger partial charge in [0.15, 0.2) is 0 Å². The van der Waals surface area contributed by atoms with Crippen molar-refractivity contribution in [1.82, 2.24) is 4.98 Å². The maximum atomic E-state index is 12.8. The first-order valence-electron chi connectivity index (χ1n) is 6.63. The largest absolute Gasteiger partial charge is 0.278 e. The van der Waals surface area contributed by atoms with Gasteiger partial charge in [-0.3, -0.25) is 10.4 Å². The highest BCUT2D eigenvalue weighted by Crippen LogP contribution is 2.22. The lowest BCUT2D eigenvalue weighted by atomic mass is 10.1. The normalized spacial score (nSPS) is 11.1. The lowest BCUT2D eigenvalue weighted by molar-refractivity contribution is 0.628. The second-order valence-electron chi connectivity index (χ2n) is 4.75. The molecule has 0 atom stereocenters. The molecule has 104 valence electrons. The Labute approximate surface area is 122 Å². The van der Waals surface area contributed by atoms with Gasteiger partial charge in [0.05, 0.1) is 17.4 Å². The van der Waals surface area contributed by atoms with Gasteiger partial charge in [0.2, 0.25) is 0 Å². The molecule has 0 amide bonds. The van der Waals surface area contributed by atoms with Crippen molar-refractivity contribution in [3.63, 3.8) is 0 Å². The minimum absolute atomic E-state index is 0.254. The summed E-state index contributed by atoms with van der Waals surface area (Å²) < 4.78 is 12.8. The lowest BCUT2D eigenvalue weighted by Crippen LogP contribution is -1.94. The summed E-state index contributed by atoms with van der Waals surface area (Å²) in [5.74, 6) is -0.254. The van der Waals surface area contributed by atoms with Crippen molar-refractivity contribution in [3.05, 3.63) is 71.7 Å². The molecule has 0 fully saturated rings. The Morgan fingerprint density at radius 1 is 1.10 bits per heavy atom. The average molecular weight is 279 g/mol. The molecule has 1 heterocycles. The Morgan fingerprint density at radius 2 is 1.86 bits per heavy atom. The Balaban J connectivity index is 1.86. The zero-order valence-electron chi connectivity index (χ0n) is 11.5. The first-order chi connectivity index (χ1) is 10.2. The van der Waals surface area contributed by atoms with Gasteiger partial charge in [-0.15, -0.1) is 0 Å². The fourth-order valence-corrected chi connectivity index (χ4v) is 2.13. The molecule has 0 radical (unpaired) electrons. The third kappa shape index (κ3) is 3.05. The molecule has 21 heavy (non-hydrogen) atoms. The molecule has 0 bridgehead atoms. The predicted molar refractivity (Wildman–Crippen MR) is 84.1 cm³/mol. The van der Waals surface area contributed by atoms with E-state index in [2.05, 4.69) is 15.5 Å². The standard InChI is InChI=1S/C17H14FN3/c1-12-10-17(15-4-2-3-5-16(15)20-12)21-19-11-13-6-8-14(18)9-7-13/h2-11H,1H3,(H,20,21)/b19-11+. The smallest absolute Gasteiger partial charge is 0.123 e. The van der Waals surface area contributed by atoms with Crippen molar-refractivity contribution in [3.8, 4) is 0 Å². The summed E-state index contributed by atoms with van der Waals surface area (Å²) in [5, 5.41) is 5.22. The lowest BCUT2D eigenvalue weighted by Gasteiger charge is -2.06. The number of nitrogens with zero attached hydrogens (tertiary/aromatic N) is 2. The second-order valence-corrected chi connectivity index (χ2v) is 4.75. The van der Waals surface area contributed by atoms with Crippen LogP contribution in [0.25, 0.3) is 10.9 Å². The van der Waals surface area contributed by atoms with Crippen molar-refractivity contribution in [2.24, 2.45) is 5.10 Å². The van der Waals surface area contributed by atoms with Crippen LogP contribution < -0.4 is 5.43 Å². The van der Waals surface area contributed by atoms with Crippen LogP contribution in [-0.2, 0) is 0 Å². The number of hydrazone groups is 1. The van der Waals surface area contributed by atoms with Gasteiger partial charge < -0.3 is 0 Å². The Kier molecular flexibility index (Phi) is 3.60. The number of pyridine rings is 1. The van der Waals surface area contributed by atoms with E-state index in [9.17, 15) is 4.39 Å². The molecular formula is C17H14FN3. The summed E-state index contributed by atoms with van der Waals surface area (Å²) in [4.78, 5) is 4.48. The van der Waals surface area contributed by atoms with Crippen LogP contribution in [0.1, 0.15) is 11.3 Å². The maximum Gasteiger partial charge on any atom is 0.123 e. The molecule has 0 spiro atoms. The van der Waals surface area contributed by atoms with Gasteiger partial charge in [-0.1, -0.05) is 30.3 Å². The Bertz CT molecular complexity index is 795. The molecule has 3 rings (SSSR count). The number of fused-ring (bicyclic) bond motifs is 1. The average Bonchev–Trinajstić information content (AvgIpc) is 2.49. The molecule has 0 saturated carbocycles. The minimum atomic E-state index is -0.254. The number of anilines is 1. The number of hydrogen-bond donors (Lipinski definition) is 1. The molecule has 0 aliphatic rings. The summed E-state index contributed by atoms with van der Waals surface area (Å²) in [7, 11) is 0. The Hall–Kier alpha value is -2.75. The van der Waals surface area contributed by atoms with Gasteiger partial charge in [0.1, 0.15) is 5.82 Å². The molecule has 0 aliphatic heterocycles. The predicted octanol–water partition coefficient (Wildman–Crippen LogP) is 4.13. The number of benzene rings is 2. The van der Waals surface area contributed by atoms with Crippen LogP contribution in [0.15, 0.2) is 59.7 Å². The van der Waals surface area contributed by atoms with Crippen LogP contribution in [0.4, 0.5) is 10.1 Å². The second kappa shape index (κ2) is 5.71. The molecule has 3 nitrogen and oxygen atoms in total.